The zero-order chi connectivity index (χ0) is 19.6. The van der Waals surface area contributed by atoms with E-state index >= 15 is 0 Å². The maximum Gasteiger partial charge on any atom is 0.248 e. The number of hydrogen-bond acceptors (Lipinski definition) is 7. The first-order valence-corrected chi connectivity index (χ1v) is 10.8. The van der Waals surface area contributed by atoms with E-state index in [0.29, 0.717) is 19.1 Å². The number of carbonyl (C=O) groups is 1. The van der Waals surface area contributed by atoms with Gasteiger partial charge in [-0.15, -0.1) is 15.3 Å². The van der Waals surface area contributed by atoms with E-state index < -0.39 is 0 Å². The van der Waals surface area contributed by atoms with Gasteiger partial charge in [0.15, 0.2) is 11.5 Å². The van der Waals surface area contributed by atoms with Crippen molar-refractivity contribution in [1.82, 2.24) is 29.6 Å². The summed E-state index contributed by atoms with van der Waals surface area (Å²) in [6.45, 7) is 7.52. The minimum Gasteiger partial charge on any atom is -0.370 e. The molecule has 3 saturated heterocycles. The summed E-state index contributed by atoms with van der Waals surface area (Å²) in [5.74, 6) is 2.52. The van der Waals surface area contributed by atoms with Gasteiger partial charge < -0.3 is 19.4 Å². The topological polar surface area (TPSA) is 79.1 Å². The van der Waals surface area contributed by atoms with Gasteiger partial charge in [-0.1, -0.05) is 0 Å². The molecule has 0 bridgehead atoms. The minimum absolute atomic E-state index is 0.112. The van der Waals surface area contributed by atoms with Gasteiger partial charge in [0.05, 0.1) is 6.61 Å². The highest BCUT2D eigenvalue weighted by Gasteiger charge is 2.26. The molecule has 0 N–H and O–H groups in total. The second-order valence-electron chi connectivity index (χ2n) is 8.26. The van der Waals surface area contributed by atoms with E-state index in [1.165, 1.54) is 12.8 Å². The monoisotopic (exact) mass is 399 g/mol. The lowest BCUT2D eigenvalue weighted by molar-refractivity contribution is -0.142. The molecule has 0 saturated carbocycles. The number of morpholine rings is 1. The van der Waals surface area contributed by atoms with Crippen LogP contribution in [0.25, 0.3) is 5.65 Å². The SMILES string of the molecule is O=C1COCCN1CCN1CCC(c2nnc3ccc(N4CCCC4)nn23)CC1. The Morgan fingerprint density at radius 2 is 1.83 bits per heavy atom. The Balaban J connectivity index is 1.21. The lowest BCUT2D eigenvalue weighted by atomic mass is 9.96. The number of ether oxygens (including phenoxy) is 1. The second-order valence-corrected chi connectivity index (χ2v) is 8.26. The van der Waals surface area contributed by atoms with E-state index in [0.717, 1.165) is 69.4 Å². The molecule has 1 amide bonds. The Hall–Kier alpha value is -2.26. The van der Waals surface area contributed by atoms with Crippen LogP contribution in [0.4, 0.5) is 5.82 Å². The van der Waals surface area contributed by atoms with Crippen LogP contribution in [0.3, 0.4) is 0 Å². The van der Waals surface area contributed by atoms with Crippen molar-refractivity contribution in [3.8, 4) is 0 Å². The van der Waals surface area contributed by atoms with Gasteiger partial charge >= 0.3 is 0 Å². The lowest BCUT2D eigenvalue weighted by Crippen LogP contribution is -2.46. The van der Waals surface area contributed by atoms with Crippen molar-refractivity contribution in [2.45, 2.75) is 31.6 Å². The molecule has 29 heavy (non-hydrogen) atoms. The third-order valence-electron chi connectivity index (χ3n) is 6.43. The molecule has 2 aromatic heterocycles. The molecule has 0 spiro atoms. The van der Waals surface area contributed by atoms with Gasteiger partial charge in [0.25, 0.3) is 0 Å². The Morgan fingerprint density at radius 3 is 2.62 bits per heavy atom. The van der Waals surface area contributed by atoms with Crippen LogP contribution >= 0.6 is 0 Å². The Bertz CT molecular complexity index is 856. The molecule has 156 valence electrons. The first-order valence-electron chi connectivity index (χ1n) is 10.8. The average molecular weight is 399 g/mol. The van der Waals surface area contributed by atoms with E-state index in [9.17, 15) is 4.79 Å². The normalized spacial score (nSPS) is 22.1. The zero-order valence-electron chi connectivity index (χ0n) is 16.9. The van der Waals surface area contributed by atoms with E-state index in [1.54, 1.807) is 0 Å². The standard InChI is InChI=1S/C20H29N7O2/c28-19-15-29-14-13-26(19)12-11-24-9-5-16(6-10-24)20-22-21-17-3-4-18(23-27(17)20)25-7-1-2-8-25/h3-4,16H,1-2,5-15H2. The van der Waals surface area contributed by atoms with Crippen molar-refractivity contribution >= 4 is 17.4 Å². The molecule has 9 heteroatoms. The van der Waals surface area contributed by atoms with E-state index in [1.807, 2.05) is 15.5 Å². The first kappa shape index (κ1) is 18.7. The largest absolute Gasteiger partial charge is 0.370 e. The summed E-state index contributed by atoms with van der Waals surface area (Å²) in [6.07, 6.45) is 4.58. The molecule has 0 aliphatic carbocycles. The molecule has 0 aromatic carbocycles. The number of carbonyl (C=O) groups excluding carboxylic acids is 1. The van der Waals surface area contributed by atoms with Gasteiger partial charge in [0.2, 0.25) is 5.91 Å². The van der Waals surface area contributed by atoms with E-state index in [-0.39, 0.29) is 12.5 Å². The molecule has 0 unspecified atom stereocenters. The number of likely N-dealkylation sites (tertiary alicyclic amines) is 1. The van der Waals surface area contributed by atoms with Gasteiger partial charge in [-0.2, -0.15) is 4.52 Å². The number of piperidine rings is 1. The van der Waals surface area contributed by atoms with E-state index in [4.69, 9.17) is 9.84 Å². The maximum absolute atomic E-state index is 11.9. The number of anilines is 1. The van der Waals surface area contributed by atoms with Crippen molar-refractivity contribution in [1.29, 1.82) is 0 Å². The van der Waals surface area contributed by atoms with Crippen molar-refractivity contribution in [2.75, 3.05) is 63.9 Å². The van der Waals surface area contributed by atoms with Crippen molar-refractivity contribution in [2.24, 2.45) is 0 Å². The second kappa shape index (κ2) is 8.23. The zero-order valence-corrected chi connectivity index (χ0v) is 16.9. The molecule has 0 atom stereocenters. The molecule has 5 heterocycles. The quantitative estimate of drug-likeness (QED) is 0.734. The highest BCUT2D eigenvalue weighted by atomic mass is 16.5. The molecule has 2 aromatic rings. The van der Waals surface area contributed by atoms with Crippen LogP contribution in [0.5, 0.6) is 0 Å². The molecule has 3 aliphatic rings. The summed E-state index contributed by atoms with van der Waals surface area (Å²) < 4.78 is 7.16. The van der Waals surface area contributed by atoms with Crippen LogP contribution in [0.15, 0.2) is 12.1 Å². The Morgan fingerprint density at radius 1 is 1.00 bits per heavy atom. The highest BCUT2D eigenvalue weighted by Crippen LogP contribution is 2.27. The molecule has 9 nitrogen and oxygen atoms in total. The summed E-state index contributed by atoms with van der Waals surface area (Å²) in [6, 6.07) is 4.10. The van der Waals surface area contributed by atoms with Crippen LogP contribution in [0.1, 0.15) is 37.4 Å². The molecule has 3 aliphatic heterocycles. The van der Waals surface area contributed by atoms with Crippen LogP contribution in [-0.4, -0.2) is 94.5 Å². The maximum atomic E-state index is 11.9. The van der Waals surface area contributed by atoms with Crippen molar-refractivity contribution in [3.05, 3.63) is 18.0 Å². The summed E-state index contributed by atoms with van der Waals surface area (Å²) in [5, 5.41) is 13.7. The Labute approximate surface area is 170 Å². The lowest BCUT2D eigenvalue weighted by Gasteiger charge is -2.34. The fourth-order valence-electron chi connectivity index (χ4n) is 4.63. The summed E-state index contributed by atoms with van der Waals surface area (Å²) in [5.41, 5.74) is 0.830. The molecule has 0 radical (unpaired) electrons. The first-order chi connectivity index (χ1) is 14.3. The number of hydrogen-bond donors (Lipinski definition) is 0. The molecular weight excluding hydrogens is 370 g/mol. The van der Waals surface area contributed by atoms with Gasteiger partial charge in [-0.3, -0.25) is 4.79 Å². The van der Waals surface area contributed by atoms with Crippen LogP contribution < -0.4 is 4.90 Å². The highest BCUT2D eigenvalue weighted by molar-refractivity contribution is 5.77. The van der Waals surface area contributed by atoms with Gasteiger partial charge in [-0.05, 0) is 50.9 Å². The fraction of sp³-hybridized carbons (Fsp3) is 0.700. The molecule has 5 rings (SSSR count). The van der Waals surface area contributed by atoms with Crippen molar-refractivity contribution in [3.63, 3.8) is 0 Å². The van der Waals surface area contributed by atoms with Gasteiger partial charge in [0.1, 0.15) is 12.4 Å². The van der Waals surface area contributed by atoms with Crippen molar-refractivity contribution < 1.29 is 9.53 Å². The van der Waals surface area contributed by atoms with Crippen LogP contribution in [0, 0.1) is 0 Å². The minimum atomic E-state index is 0.112. The summed E-state index contributed by atoms with van der Waals surface area (Å²) >= 11 is 0. The summed E-state index contributed by atoms with van der Waals surface area (Å²) in [4.78, 5) is 18.6. The predicted molar refractivity (Wildman–Crippen MR) is 108 cm³/mol. The molecular formula is C20H29N7O2. The van der Waals surface area contributed by atoms with Crippen LogP contribution in [-0.2, 0) is 9.53 Å². The number of rotatable bonds is 5. The smallest absolute Gasteiger partial charge is 0.248 e. The number of aromatic nitrogens is 4. The van der Waals surface area contributed by atoms with Gasteiger partial charge in [0, 0.05) is 38.6 Å². The predicted octanol–water partition coefficient (Wildman–Crippen LogP) is 0.763. The third-order valence-corrected chi connectivity index (χ3v) is 6.43. The number of amides is 1. The van der Waals surface area contributed by atoms with E-state index in [2.05, 4.69) is 26.1 Å². The average Bonchev–Trinajstić information content (AvgIpc) is 3.43. The Kier molecular flexibility index (Phi) is 5.32. The number of fused-ring (bicyclic) bond motifs is 1. The molecule has 3 fully saturated rings. The van der Waals surface area contributed by atoms with Gasteiger partial charge in [-0.25, -0.2) is 0 Å². The fourth-order valence-corrected chi connectivity index (χ4v) is 4.63. The van der Waals surface area contributed by atoms with Crippen LogP contribution in [0.2, 0.25) is 0 Å². The summed E-state index contributed by atoms with van der Waals surface area (Å²) in [7, 11) is 0. The number of nitrogens with zero attached hydrogens (tertiary/aromatic N) is 7. The third kappa shape index (κ3) is 3.93.